The number of piperidine rings is 1. The average Bonchev–Trinajstić information content (AvgIpc) is 3.00. The fraction of sp³-hybridized carbons (Fsp3) is 0.588. The van der Waals surface area contributed by atoms with Crippen molar-refractivity contribution in [3.8, 4) is 11.1 Å². The van der Waals surface area contributed by atoms with E-state index in [2.05, 4.69) is 27.4 Å². The van der Waals surface area contributed by atoms with Crippen LogP contribution >= 0.6 is 0 Å². The predicted octanol–water partition coefficient (Wildman–Crippen LogP) is 4.53. The van der Waals surface area contributed by atoms with Crippen molar-refractivity contribution in [2.45, 2.75) is 65.6 Å². The van der Waals surface area contributed by atoms with Crippen LogP contribution < -0.4 is 15.5 Å². The minimum atomic E-state index is -0.530. The van der Waals surface area contributed by atoms with Crippen LogP contribution in [0.2, 0.25) is 0 Å². The number of carbonyl (C=O) groups excluding carboxylic acids is 2. The van der Waals surface area contributed by atoms with Gasteiger partial charge in [-0.1, -0.05) is 31.2 Å². The molecule has 2 N–H and O–H groups in total. The number of carbonyl (C=O) groups is 2. The van der Waals surface area contributed by atoms with Crippen LogP contribution in [0.3, 0.4) is 0 Å². The molecule has 234 valence electrons. The summed E-state index contributed by atoms with van der Waals surface area (Å²) in [5.74, 6) is -1.30. The van der Waals surface area contributed by atoms with Crippen LogP contribution in [0.4, 0.5) is 10.1 Å². The van der Waals surface area contributed by atoms with Crippen molar-refractivity contribution in [2.75, 3.05) is 57.5 Å². The van der Waals surface area contributed by atoms with Gasteiger partial charge >= 0.3 is 0 Å². The van der Waals surface area contributed by atoms with Gasteiger partial charge in [0.05, 0.1) is 24.7 Å². The summed E-state index contributed by atoms with van der Waals surface area (Å²) in [4.78, 5) is 31.1. The Morgan fingerprint density at radius 1 is 1.09 bits per heavy atom. The maximum Gasteiger partial charge on any atom is 0.254 e. The second-order valence-corrected chi connectivity index (χ2v) is 12.4. The van der Waals surface area contributed by atoms with E-state index in [0.717, 1.165) is 75.5 Å². The first-order valence-corrected chi connectivity index (χ1v) is 15.9. The zero-order valence-corrected chi connectivity index (χ0v) is 26.1. The molecule has 2 amide bonds. The van der Waals surface area contributed by atoms with E-state index in [1.54, 1.807) is 0 Å². The van der Waals surface area contributed by atoms with Crippen LogP contribution in [-0.2, 0) is 20.8 Å². The minimum absolute atomic E-state index is 0.0487. The van der Waals surface area contributed by atoms with Gasteiger partial charge in [0.1, 0.15) is 5.82 Å². The van der Waals surface area contributed by atoms with Gasteiger partial charge in [0, 0.05) is 69.3 Å². The van der Waals surface area contributed by atoms with Gasteiger partial charge < -0.3 is 25.0 Å². The van der Waals surface area contributed by atoms with Crippen molar-refractivity contribution in [1.29, 1.82) is 0 Å². The lowest BCUT2D eigenvalue weighted by Gasteiger charge is -2.37. The molecule has 3 heterocycles. The molecule has 0 bridgehead atoms. The topological polar surface area (TPSA) is 83.1 Å². The summed E-state index contributed by atoms with van der Waals surface area (Å²) in [5, 5.41) is 5.91. The van der Waals surface area contributed by atoms with Gasteiger partial charge in [-0.3, -0.25) is 14.5 Å². The van der Waals surface area contributed by atoms with E-state index in [1.165, 1.54) is 0 Å². The van der Waals surface area contributed by atoms with E-state index in [0.29, 0.717) is 24.3 Å². The number of benzene rings is 2. The third kappa shape index (κ3) is 7.21. The minimum Gasteiger partial charge on any atom is -0.381 e. The van der Waals surface area contributed by atoms with Crippen LogP contribution in [0.15, 0.2) is 30.3 Å². The first-order valence-electron chi connectivity index (χ1n) is 15.9. The SMILES string of the molecule is CCN(c1cc(-c2ccc(CN3CCOCC3)cc2)c(F)c(C(=O)NCC2C(=O)NC(C)CC2C)c1C)C1CCOCC1. The van der Waals surface area contributed by atoms with Gasteiger partial charge in [0.15, 0.2) is 0 Å². The van der Waals surface area contributed by atoms with Crippen LogP contribution in [0.25, 0.3) is 11.1 Å². The number of hydrogen-bond acceptors (Lipinski definition) is 6. The Balaban J connectivity index is 1.47. The van der Waals surface area contributed by atoms with E-state index >= 15 is 4.39 Å². The molecule has 0 spiro atoms. The Morgan fingerprint density at radius 3 is 2.42 bits per heavy atom. The van der Waals surface area contributed by atoms with Crippen LogP contribution in [0.5, 0.6) is 0 Å². The normalized spacial score (nSPS) is 23.6. The van der Waals surface area contributed by atoms with Gasteiger partial charge in [0.25, 0.3) is 5.91 Å². The van der Waals surface area contributed by atoms with Crippen molar-refractivity contribution in [3.63, 3.8) is 0 Å². The standard InChI is InChI=1S/C34H47FN4O4/c1-5-39(27-10-14-42-15-11-27)30-19-28(26-8-6-25(7-9-26)21-38-12-16-43-17-13-38)32(35)31(24(30)4)34(41)36-20-29-22(2)18-23(3)37-33(29)40/h6-9,19,22-23,27,29H,5,10-18,20-21H2,1-4H3,(H,36,41)(H,37,40). The number of amides is 2. The predicted molar refractivity (Wildman–Crippen MR) is 167 cm³/mol. The molecule has 3 saturated heterocycles. The second kappa shape index (κ2) is 14.2. The molecule has 0 aromatic heterocycles. The number of morpholine rings is 1. The lowest BCUT2D eigenvalue weighted by Crippen LogP contribution is -2.50. The molecule has 43 heavy (non-hydrogen) atoms. The number of ether oxygens (including phenoxy) is 2. The molecule has 3 fully saturated rings. The monoisotopic (exact) mass is 594 g/mol. The summed E-state index contributed by atoms with van der Waals surface area (Å²) >= 11 is 0. The van der Waals surface area contributed by atoms with Gasteiger partial charge in [-0.05, 0) is 68.7 Å². The molecule has 2 aromatic rings. The van der Waals surface area contributed by atoms with Crippen molar-refractivity contribution < 1.29 is 23.5 Å². The third-order valence-corrected chi connectivity index (χ3v) is 9.40. The molecular weight excluding hydrogens is 547 g/mol. The average molecular weight is 595 g/mol. The van der Waals surface area contributed by atoms with E-state index in [9.17, 15) is 9.59 Å². The molecule has 3 unspecified atom stereocenters. The van der Waals surface area contributed by atoms with Crippen molar-refractivity contribution in [3.05, 3.63) is 52.8 Å². The van der Waals surface area contributed by atoms with Crippen molar-refractivity contribution >= 4 is 17.5 Å². The van der Waals surface area contributed by atoms with E-state index in [-0.39, 0.29) is 41.9 Å². The second-order valence-electron chi connectivity index (χ2n) is 12.4. The van der Waals surface area contributed by atoms with Crippen LogP contribution in [-0.4, -0.2) is 81.4 Å². The Bertz CT molecular complexity index is 1270. The number of nitrogens with one attached hydrogen (secondary N) is 2. The maximum atomic E-state index is 16.5. The smallest absolute Gasteiger partial charge is 0.254 e. The number of hydrogen-bond donors (Lipinski definition) is 2. The fourth-order valence-corrected chi connectivity index (χ4v) is 6.92. The molecule has 3 atom stereocenters. The lowest BCUT2D eigenvalue weighted by molar-refractivity contribution is -0.129. The molecule has 3 aliphatic rings. The summed E-state index contributed by atoms with van der Waals surface area (Å²) in [6.45, 7) is 14.3. The first-order chi connectivity index (χ1) is 20.8. The molecule has 5 rings (SSSR count). The van der Waals surface area contributed by atoms with Crippen LogP contribution in [0.1, 0.15) is 61.5 Å². The zero-order valence-electron chi connectivity index (χ0n) is 26.1. The molecule has 3 aliphatic heterocycles. The molecule has 0 aliphatic carbocycles. The summed E-state index contributed by atoms with van der Waals surface area (Å²) in [6, 6.07) is 10.3. The van der Waals surface area contributed by atoms with Crippen molar-refractivity contribution in [2.24, 2.45) is 11.8 Å². The molecule has 8 nitrogen and oxygen atoms in total. The highest BCUT2D eigenvalue weighted by Gasteiger charge is 2.33. The lowest BCUT2D eigenvalue weighted by atomic mass is 9.84. The van der Waals surface area contributed by atoms with Crippen LogP contribution in [0, 0.1) is 24.6 Å². The number of halogens is 1. The Kier molecular flexibility index (Phi) is 10.4. The van der Waals surface area contributed by atoms with Gasteiger partial charge in [-0.2, -0.15) is 0 Å². The van der Waals surface area contributed by atoms with Crippen molar-refractivity contribution in [1.82, 2.24) is 15.5 Å². The molecular formula is C34H47FN4O4. The summed E-state index contributed by atoms with van der Waals surface area (Å²) in [5.41, 5.74) is 3.83. The highest BCUT2D eigenvalue weighted by molar-refractivity contribution is 5.99. The molecule has 0 radical (unpaired) electrons. The van der Waals surface area contributed by atoms with Gasteiger partial charge in [-0.25, -0.2) is 4.39 Å². The Hall–Kier alpha value is -3.01. The summed E-state index contributed by atoms with van der Waals surface area (Å²) in [7, 11) is 0. The highest BCUT2D eigenvalue weighted by Crippen LogP contribution is 2.36. The van der Waals surface area contributed by atoms with Gasteiger partial charge in [0.2, 0.25) is 5.91 Å². The fourth-order valence-electron chi connectivity index (χ4n) is 6.92. The summed E-state index contributed by atoms with van der Waals surface area (Å²) < 4.78 is 27.6. The number of rotatable bonds is 9. The zero-order chi connectivity index (χ0) is 30.5. The molecule has 9 heteroatoms. The Labute approximate surface area is 255 Å². The van der Waals surface area contributed by atoms with E-state index in [4.69, 9.17) is 9.47 Å². The van der Waals surface area contributed by atoms with Gasteiger partial charge in [-0.15, -0.1) is 0 Å². The third-order valence-electron chi connectivity index (χ3n) is 9.40. The quantitative estimate of drug-likeness (QED) is 0.444. The summed E-state index contributed by atoms with van der Waals surface area (Å²) in [6.07, 6.45) is 2.60. The highest BCUT2D eigenvalue weighted by atomic mass is 19.1. The largest absolute Gasteiger partial charge is 0.381 e. The number of anilines is 1. The Morgan fingerprint density at radius 2 is 1.77 bits per heavy atom. The van der Waals surface area contributed by atoms with E-state index in [1.807, 2.05) is 51.1 Å². The molecule has 0 saturated carbocycles. The van der Waals surface area contributed by atoms with E-state index < -0.39 is 11.7 Å². The maximum absolute atomic E-state index is 16.5. The first kappa shape index (κ1) is 31.4. The number of nitrogens with zero attached hydrogens (tertiary/aromatic N) is 2. The molecule has 2 aromatic carbocycles.